The molecule has 5 nitrogen and oxygen atoms in total. The first-order valence-electron chi connectivity index (χ1n) is 8.58. The second-order valence-electron chi connectivity index (χ2n) is 7.13. The van der Waals surface area contributed by atoms with Gasteiger partial charge < -0.3 is 10.6 Å². The summed E-state index contributed by atoms with van der Waals surface area (Å²) in [5, 5.41) is 6.50. The van der Waals surface area contributed by atoms with Crippen LogP contribution in [0.25, 0.3) is 0 Å². The maximum absolute atomic E-state index is 12.7. The number of hydrazone groups is 1. The summed E-state index contributed by atoms with van der Waals surface area (Å²) in [6, 6.07) is 8.12. The van der Waals surface area contributed by atoms with Gasteiger partial charge in [0.25, 0.3) is 5.91 Å². The van der Waals surface area contributed by atoms with Crippen LogP contribution < -0.4 is 10.7 Å². The van der Waals surface area contributed by atoms with E-state index in [1.54, 1.807) is 0 Å². The summed E-state index contributed by atoms with van der Waals surface area (Å²) in [4.78, 5) is 14.7. The van der Waals surface area contributed by atoms with E-state index in [0.29, 0.717) is 11.8 Å². The van der Waals surface area contributed by atoms with Gasteiger partial charge in [0.2, 0.25) is 0 Å². The fraction of sp³-hybridized carbons (Fsp3) is 0.556. The standard InChI is InChI=1S/C18H24N4O/c1-12-8-9-22(20-12)15-5-2-13(3-6-15)18(23)21-10-14-4-7-17(19)16(14)11-21/h2-3,5-6,14,16-17H,4,7-11,19H2,1H3. The van der Waals surface area contributed by atoms with Gasteiger partial charge in [-0.2, -0.15) is 5.10 Å². The number of nitrogens with two attached hydrogens (primary N) is 1. The molecule has 1 saturated heterocycles. The minimum Gasteiger partial charge on any atom is -0.338 e. The van der Waals surface area contributed by atoms with Gasteiger partial charge in [-0.3, -0.25) is 9.80 Å². The largest absolute Gasteiger partial charge is 0.338 e. The lowest BCUT2D eigenvalue weighted by Gasteiger charge is -2.19. The summed E-state index contributed by atoms with van der Waals surface area (Å²) in [7, 11) is 0. The Kier molecular flexibility index (Phi) is 3.60. The van der Waals surface area contributed by atoms with Crippen LogP contribution in [0.1, 0.15) is 36.5 Å². The molecule has 0 spiro atoms. The van der Waals surface area contributed by atoms with Crippen molar-refractivity contribution in [2.75, 3.05) is 24.6 Å². The van der Waals surface area contributed by atoms with Crippen LogP contribution in [0.5, 0.6) is 0 Å². The highest BCUT2D eigenvalue weighted by atomic mass is 16.2. The molecular formula is C18H24N4O. The molecule has 3 atom stereocenters. The van der Waals surface area contributed by atoms with Gasteiger partial charge in [-0.25, -0.2) is 0 Å². The molecule has 1 aliphatic carbocycles. The highest BCUT2D eigenvalue weighted by Gasteiger charge is 2.42. The van der Waals surface area contributed by atoms with E-state index < -0.39 is 0 Å². The molecule has 0 bridgehead atoms. The maximum atomic E-state index is 12.7. The van der Waals surface area contributed by atoms with Crippen LogP contribution >= 0.6 is 0 Å². The molecule has 2 N–H and O–H groups in total. The predicted octanol–water partition coefficient (Wildman–Crippen LogP) is 2.08. The molecule has 1 aromatic carbocycles. The predicted molar refractivity (Wildman–Crippen MR) is 91.6 cm³/mol. The maximum Gasteiger partial charge on any atom is 0.253 e. The van der Waals surface area contributed by atoms with Gasteiger partial charge >= 0.3 is 0 Å². The lowest BCUT2D eigenvalue weighted by Crippen LogP contribution is -2.33. The summed E-state index contributed by atoms with van der Waals surface area (Å²) in [5.74, 6) is 1.24. The van der Waals surface area contributed by atoms with E-state index in [0.717, 1.165) is 49.4 Å². The number of likely N-dealkylation sites (tertiary alicyclic amines) is 1. The third kappa shape index (κ3) is 2.63. The van der Waals surface area contributed by atoms with Crippen molar-refractivity contribution >= 4 is 17.3 Å². The summed E-state index contributed by atoms with van der Waals surface area (Å²) in [5.41, 5.74) is 9.14. The molecule has 3 aliphatic rings. The Balaban J connectivity index is 1.45. The smallest absolute Gasteiger partial charge is 0.253 e. The molecule has 2 fully saturated rings. The minimum absolute atomic E-state index is 0.138. The van der Waals surface area contributed by atoms with Crippen molar-refractivity contribution in [3.05, 3.63) is 29.8 Å². The van der Waals surface area contributed by atoms with Gasteiger partial charge in [-0.05, 0) is 55.9 Å². The Bertz CT molecular complexity index is 639. The molecule has 0 aromatic heterocycles. The Morgan fingerprint density at radius 3 is 2.65 bits per heavy atom. The van der Waals surface area contributed by atoms with E-state index in [1.807, 2.05) is 41.1 Å². The minimum atomic E-state index is 0.138. The van der Waals surface area contributed by atoms with Gasteiger partial charge in [-0.1, -0.05) is 0 Å². The topological polar surface area (TPSA) is 61.9 Å². The monoisotopic (exact) mass is 312 g/mol. The number of anilines is 1. The lowest BCUT2D eigenvalue weighted by atomic mass is 9.98. The first-order valence-corrected chi connectivity index (χ1v) is 8.58. The van der Waals surface area contributed by atoms with Crippen LogP contribution in [0.4, 0.5) is 5.69 Å². The van der Waals surface area contributed by atoms with Crippen molar-refractivity contribution < 1.29 is 4.79 Å². The molecule has 23 heavy (non-hydrogen) atoms. The molecule has 4 rings (SSSR count). The molecule has 2 heterocycles. The van der Waals surface area contributed by atoms with E-state index in [2.05, 4.69) is 5.10 Å². The number of rotatable bonds is 2. The summed E-state index contributed by atoms with van der Waals surface area (Å²) in [6.07, 6.45) is 3.29. The molecule has 0 radical (unpaired) electrons. The number of amides is 1. The number of hydrogen-bond donors (Lipinski definition) is 1. The van der Waals surface area contributed by atoms with Crippen LogP contribution in [-0.4, -0.2) is 42.2 Å². The van der Waals surface area contributed by atoms with Gasteiger partial charge in [-0.15, -0.1) is 0 Å². The van der Waals surface area contributed by atoms with Crippen LogP contribution in [0.2, 0.25) is 0 Å². The Morgan fingerprint density at radius 2 is 2.00 bits per heavy atom. The Morgan fingerprint density at radius 1 is 1.22 bits per heavy atom. The summed E-state index contributed by atoms with van der Waals surface area (Å²) >= 11 is 0. The number of carbonyl (C=O) groups is 1. The van der Waals surface area contributed by atoms with Gasteiger partial charge in [0.1, 0.15) is 0 Å². The molecule has 1 aromatic rings. The zero-order valence-corrected chi connectivity index (χ0v) is 13.6. The van der Waals surface area contributed by atoms with Gasteiger partial charge in [0, 0.05) is 43.4 Å². The zero-order chi connectivity index (χ0) is 16.0. The Labute approximate surface area is 137 Å². The van der Waals surface area contributed by atoms with Crippen molar-refractivity contribution in [2.24, 2.45) is 22.7 Å². The van der Waals surface area contributed by atoms with E-state index in [-0.39, 0.29) is 11.9 Å². The second kappa shape index (κ2) is 5.64. The lowest BCUT2D eigenvalue weighted by molar-refractivity contribution is 0.0779. The van der Waals surface area contributed by atoms with Gasteiger partial charge in [0.05, 0.1) is 5.69 Å². The average Bonchev–Trinajstić information content (AvgIpc) is 3.25. The van der Waals surface area contributed by atoms with Crippen molar-refractivity contribution in [3.63, 3.8) is 0 Å². The third-order valence-electron chi connectivity index (χ3n) is 5.59. The average molecular weight is 312 g/mol. The van der Waals surface area contributed by atoms with E-state index >= 15 is 0 Å². The summed E-state index contributed by atoms with van der Waals surface area (Å²) < 4.78 is 0. The SMILES string of the molecule is CC1=NN(c2ccc(C(=O)N3CC4CCC(N)C4C3)cc2)CC1. The van der Waals surface area contributed by atoms with Crippen molar-refractivity contribution in [1.82, 2.24) is 4.90 Å². The first-order chi connectivity index (χ1) is 11.1. The van der Waals surface area contributed by atoms with E-state index in [4.69, 9.17) is 5.73 Å². The molecule has 3 unspecified atom stereocenters. The van der Waals surface area contributed by atoms with Crippen LogP contribution in [-0.2, 0) is 0 Å². The second-order valence-corrected chi connectivity index (χ2v) is 7.13. The van der Waals surface area contributed by atoms with Gasteiger partial charge in [0.15, 0.2) is 0 Å². The van der Waals surface area contributed by atoms with E-state index in [1.165, 1.54) is 6.42 Å². The van der Waals surface area contributed by atoms with Crippen molar-refractivity contribution in [1.29, 1.82) is 0 Å². The number of nitrogens with zero attached hydrogens (tertiary/aromatic N) is 3. The molecule has 2 aliphatic heterocycles. The van der Waals surface area contributed by atoms with Crippen molar-refractivity contribution in [2.45, 2.75) is 32.2 Å². The molecule has 122 valence electrons. The van der Waals surface area contributed by atoms with Crippen LogP contribution in [0.15, 0.2) is 29.4 Å². The quantitative estimate of drug-likeness (QED) is 0.909. The van der Waals surface area contributed by atoms with Crippen LogP contribution in [0, 0.1) is 11.8 Å². The number of benzene rings is 1. The summed E-state index contributed by atoms with van der Waals surface area (Å²) in [6.45, 7) is 4.66. The number of hydrogen-bond acceptors (Lipinski definition) is 4. The zero-order valence-electron chi connectivity index (χ0n) is 13.6. The van der Waals surface area contributed by atoms with Crippen LogP contribution in [0.3, 0.4) is 0 Å². The van der Waals surface area contributed by atoms with E-state index in [9.17, 15) is 4.79 Å². The molecule has 1 saturated carbocycles. The first kappa shape index (κ1) is 14.7. The van der Waals surface area contributed by atoms with Crippen molar-refractivity contribution in [3.8, 4) is 0 Å². The number of carbonyl (C=O) groups excluding carboxylic acids is 1. The number of fused-ring (bicyclic) bond motifs is 1. The Hall–Kier alpha value is -1.88. The highest BCUT2D eigenvalue weighted by Crippen LogP contribution is 2.37. The normalized spacial score (nSPS) is 29.8. The fourth-order valence-electron chi connectivity index (χ4n) is 4.19. The molecule has 5 heteroatoms. The third-order valence-corrected chi connectivity index (χ3v) is 5.59. The fourth-order valence-corrected chi connectivity index (χ4v) is 4.19. The molecular weight excluding hydrogens is 288 g/mol. The highest BCUT2D eigenvalue weighted by molar-refractivity contribution is 5.95. The molecule has 1 amide bonds.